The summed E-state index contributed by atoms with van der Waals surface area (Å²) in [5, 5.41) is 18.3. The Hall–Kier alpha value is -2.95. The molecule has 0 saturated heterocycles. The average Bonchev–Trinajstić information content (AvgIpc) is 2.80. The van der Waals surface area contributed by atoms with E-state index in [4.69, 9.17) is 0 Å². The summed E-state index contributed by atoms with van der Waals surface area (Å²) in [6.45, 7) is 3.85. The molecule has 3 aromatic rings. The molecule has 0 aliphatic carbocycles. The van der Waals surface area contributed by atoms with Crippen LogP contribution in [0.4, 0.5) is 5.69 Å². The molecule has 22 heavy (non-hydrogen) atoms. The molecule has 2 N–H and O–H groups in total. The second-order valence-electron chi connectivity index (χ2n) is 5.25. The number of nitrogens with one attached hydrogen (secondary N) is 1. The standard InChI is InChI=1S/C17H15N3O2/c1-10-4-3-5-12(8-10)16(21)20-19-15-13-9-11(2)6-7-14(13)18-17(15)22/h3-9,18,22H,1-2H3. The van der Waals surface area contributed by atoms with E-state index in [1.165, 1.54) is 0 Å². The number of aromatic amines is 1. The first-order chi connectivity index (χ1) is 10.5. The maximum atomic E-state index is 12.1. The molecule has 0 aliphatic heterocycles. The SMILES string of the molecule is Cc1cccc(C(=O)N=Nc2c(O)[nH]c3ccc(C)cc23)c1. The zero-order valence-electron chi connectivity index (χ0n) is 12.3. The Labute approximate surface area is 127 Å². The maximum absolute atomic E-state index is 12.1. The van der Waals surface area contributed by atoms with Crippen molar-refractivity contribution in [3.63, 3.8) is 0 Å². The number of hydrogen-bond donors (Lipinski definition) is 2. The number of rotatable bonds is 2. The van der Waals surface area contributed by atoms with Crippen LogP contribution in [0.3, 0.4) is 0 Å². The lowest BCUT2D eigenvalue weighted by Crippen LogP contribution is -1.93. The normalized spacial score (nSPS) is 11.4. The molecule has 5 nitrogen and oxygen atoms in total. The summed E-state index contributed by atoms with van der Waals surface area (Å²) in [5.41, 5.74) is 3.51. The fraction of sp³-hybridized carbons (Fsp3) is 0.118. The maximum Gasteiger partial charge on any atom is 0.295 e. The Morgan fingerprint density at radius 2 is 1.86 bits per heavy atom. The molecule has 1 amide bonds. The summed E-state index contributed by atoms with van der Waals surface area (Å²) in [7, 11) is 0. The van der Waals surface area contributed by atoms with Crippen molar-refractivity contribution >= 4 is 22.5 Å². The molecule has 2 aromatic carbocycles. The molecule has 0 fully saturated rings. The molecule has 1 aromatic heterocycles. The van der Waals surface area contributed by atoms with E-state index in [9.17, 15) is 9.90 Å². The molecule has 5 heteroatoms. The van der Waals surface area contributed by atoms with Gasteiger partial charge in [-0.15, -0.1) is 10.2 Å². The van der Waals surface area contributed by atoms with Gasteiger partial charge in [-0.2, -0.15) is 0 Å². The van der Waals surface area contributed by atoms with Crippen molar-refractivity contribution in [3.05, 3.63) is 59.2 Å². The summed E-state index contributed by atoms with van der Waals surface area (Å²) in [5.74, 6) is -0.536. The van der Waals surface area contributed by atoms with Crippen LogP contribution in [0.15, 0.2) is 52.7 Å². The van der Waals surface area contributed by atoms with Crippen molar-refractivity contribution in [2.24, 2.45) is 10.2 Å². The number of hydrogen-bond acceptors (Lipinski definition) is 3. The number of aromatic hydroxyl groups is 1. The Morgan fingerprint density at radius 3 is 2.64 bits per heavy atom. The van der Waals surface area contributed by atoms with Crippen molar-refractivity contribution < 1.29 is 9.90 Å². The van der Waals surface area contributed by atoms with Crippen LogP contribution in [0.25, 0.3) is 10.9 Å². The van der Waals surface area contributed by atoms with Crippen molar-refractivity contribution in [1.82, 2.24) is 4.98 Å². The lowest BCUT2D eigenvalue weighted by molar-refractivity contribution is 0.0995. The van der Waals surface area contributed by atoms with Crippen molar-refractivity contribution in [2.45, 2.75) is 13.8 Å². The third-order valence-corrected chi connectivity index (χ3v) is 3.41. The number of amides is 1. The van der Waals surface area contributed by atoms with Crippen molar-refractivity contribution in [3.8, 4) is 5.88 Å². The number of H-pyrrole nitrogens is 1. The van der Waals surface area contributed by atoms with Crippen LogP contribution in [-0.4, -0.2) is 16.0 Å². The van der Waals surface area contributed by atoms with E-state index in [1.807, 2.05) is 38.1 Å². The average molecular weight is 293 g/mol. The minimum Gasteiger partial charge on any atom is -0.493 e. The van der Waals surface area contributed by atoms with Gasteiger partial charge in [0, 0.05) is 10.9 Å². The molecule has 0 radical (unpaired) electrons. The quantitative estimate of drug-likeness (QED) is 0.686. The number of azo groups is 1. The first-order valence-electron chi connectivity index (χ1n) is 6.88. The number of benzene rings is 2. The zero-order chi connectivity index (χ0) is 15.7. The fourth-order valence-corrected chi connectivity index (χ4v) is 2.31. The van der Waals surface area contributed by atoms with E-state index in [0.717, 1.165) is 22.0 Å². The van der Waals surface area contributed by atoms with E-state index >= 15 is 0 Å². The Morgan fingerprint density at radius 1 is 1.09 bits per heavy atom. The van der Waals surface area contributed by atoms with Gasteiger partial charge in [0.1, 0.15) is 0 Å². The molecule has 3 rings (SSSR count). The second-order valence-corrected chi connectivity index (χ2v) is 5.25. The van der Waals surface area contributed by atoms with Gasteiger partial charge in [-0.25, -0.2) is 0 Å². The van der Waals surface area contributed by atoms with Crippen LogP contribution < -0.4 is 0 Å². The highest BCUT2D eigenvalue weighted by Crippen LogP contribution is 2.35. The monoisotopic (exact) mass is 293 g/mol. The van der Waals surface area contributed by atoms with Gasteiger partial charge < -0.3 is 10.1 Å². The number of nitrogens with zero attached hydrogens (tertiary/aromatic N) is 2. The van der Waals surface area contributed by atoms with Gasteiger partial charge in [0.05, 0.1) is 5.52 Å². The summed E-state index contributed by atoms with van der Waals surface area (Å²) < 4.78 is 0. The number of aryl methyl sites for hydroxylation is 2. The summed E-state index contributed by atoms with van der Waals surface area (Å²) in [6, 6.07) is 12.8. The van der Waals surface area contributed by atoms with Crippen LogP contribution >= 0.6 is 0 Å². The Balaban J connectivity index is 1.97. The van der Waals surface area contributed by atoms with E-state index in [1.54, 1.807) is 18.2 Å². The molecule has 0 atom stereocenters. The molecular weight excluding hydrogens is 278 g/mol. The molecule has 1 heterocycles. The first kappa shape index (κ1) is 14.0. The topological polar surface area (TPSA) is 77.8 Å². The fourth-order valence-electron chi connectivity index (χ4n) is 2.31. The molecule has 110 valence electrons. The highest BCUT2D eigenvalue weighted by Gasteiger charge is 2.11. The van der Waals surface area contributed by atoms with Crippen LogP contribution in [-0.2, 0) is 0 Å². The molecule has 0 spiro atoms. The largest absolute Gasteiger partial charge is 0.493 e. The third kappa shape index (κ3) is 2.61. The predicted molar refractivity (Wildman–Crippen MR) is 84.7 cm³/mol. The number of carbonyl (C=O) groups excluding carboxylic acids is 1. The van der Waals surface area contributed by atoms with E-state index in [2.05, 4.69) is 15.2 Å². The highest BCUT2D eigenvalue weighted by atomic mass is 16.3. The van der Waals surface area contributed by atoms with Gasteiger partial charge in [-0.05, 0) is 38.1 Å². The minimum absolute atomic E-state index is 0.0959. The molecular formula is C17H15N3O2. The van der Waals surface area contributed by atoms with Crippen molar-refractivity contribution in [2.75, 3.05) is 0 Å². The van der Waals surface area contributed by atoms with Gasteiger partial charge in [0.15, 0.2) is 5.69 Å². The molecule has 0 saturated carbocycles. The van der Waals surface area contributed by atoms with Gasteiger partial charge in [0.2, 0.25) is 5.88 Å². The summed E-state index contributed by atoms with van der Waals surface area (Å²) >= 11 is 0. The Kier molecular flexibility index (Phi) is 3.47. The van der Waals surface area contributed by atoms with Crippen LogP contribution in [0.5, 0.6) is 5.88 Å². The Bertz CT molecular complexity index is 894. The first-order valence-corrected chi connectivity index (χ1v) is 6.88. The number of aromatic nitrogens is 1. The number of fused-ring (bicyclic) bond motifs is 1. The minimum atomic E-state index is -0.440. The van der Waals surface area contributed by atoms with Gasteiger partial charge in [0.25, 0.3) is 5.91 Å². The zero-order valence-corrected chi connectivity index (χ0v) is 12.3. The van der Waals surface area contributed by atoms with E-state index in [0.29, 0.717) is 5.56 Å². The van der Waals surface area contributed by atoms with Gasteiger partial charge in [-0.3, -0.25) is 4.79 Å². The van der Waals surface area contributed by atoms with Crippen LogP contribution in [0.1, 0.15) is 21.5 Å². The second kappa shape index (κ2) is 5.44. The highest BCUT2D eigenvalue weighted by molar-refractivity contribution is 5.97. The summed E-state index contributed by atoms with van der Waals surface area (Å²) in [4.78, 5) is 14.9. The van der Waals surface area contributed by atoms with Gasteiger partial charge in [-0.1, -0.05) is 29.3 Å². The smallest absolute Gasteiger partial charge is 0.295 e. The van der Waals surface area contributed by atoms with Crippen LogP contribution in [0, 0.1) is 13.8 Å². The molecule has 0 bridgehead atoms. The predicted octanol–water partition coefficient (Wildman–Crippen LogP) is 4.41. The third-order valence-electron chi connectivity index (χ3n) is 3.41. The lowest BCUT2D eigenvalue weighted by atomic mass is 10.1. The number of carbonyl (C=O) groups is 1. The van der Waals surface area contributed by atoms with E-state index < -0.39 is 5.91 Å². The van der Waals surface area contributed by atoms with Crippen LogP contribution in [0.2, 0.25) is 0 Å². The van der Waals surface area contributed by atoms with Crippen molar-refractivity contribution in [1.29, 1.82) is 0 Å². The molecule has 0 aliphatic rings. The van der Waals surface area contributed by atoms with E-state index in [-0.39, 0.29) is 11.6 Å². The van der Waals surface area contributed by atoms with Gasteiger partial charge >= 0.3 is 0 Å². The lowest BCUT2D eigenvalue weighted by Gasteiger charge is -1.96. The summed E-state index contributed by atoms with van der Waals surface area (Å²) in [6.07, 6.45) is 0. The molecule has 0 unspecified atom stereocenters.